The molecule has 0 saturated heterocycles. The van der Waals surface area contributed by atoms with Gasteiger partial charge in [0.25, 0.3) is 0 Å². The number of rotatable bonds is 4. The maximum atomic E-state index is 4.99. The fourth-order valence-electron chi connectivity index (χ4n) is 4.82. The highest BCUT2D eigenvalue weighted by molar-refractivity contribution is 5.86. The molecule has 0 unspecified atom stereocenters. The van der Waals surface area contributed by atoms with Crippen LogP contribution in [0.1, 0.15) is 43.6 Å². The molecule has 0 atom stereocenters. The molecule has 6 nitrogen and oxygen atoms in total. The highest BCUT2D eigenvalue weighted by Gasteiger charge is 2.31. The molecule has 3 aromatic heterocycles. The predicted octanol–water partition coefficient (Wildman–Crippen LogP) is 4.55. The van der Waals surface area contributed by atoms with Crippen LogP contribution in [0.5, 0.6) is 0 Å². The summed E-state index contributed by atoms with van der Waals surface area (Å²) in [6.45, 7) is 9.73. The number of imidazole rings is 1. The van der Waals surface area contributed by atoms with Gasteiger partial charge in [-0.3, -0.25) is 0 Å². The normalized spacial score (nSPS) is 13.9. The minimum Gasteiger partial charge on any atom is -0.353 e. The number of aromatic nitrogens is 5. The summed E-state index contributed by atoms with van der Waals surface area (Å²) in [4.78, 5) is 12.4. The maximum Gasteiger partial charge on any atom is 0.168 e. The Bertz CT molecular complexity index is 1230. The molecular weight excluding hydrogens is 360 g/mol. The molecule has 0 saturated carbocycles. The van der Waals surface area contributed by atoms with Crippen molar-refractivity contribution in [2.75, 3.05) is 11.4 Å². The van der Waals surface area contributed by atoms with E-state index in [1.807, 2.05) is 35.8 Å². The Morgan fingerprint density at radius 3 is 2.55 bits per heavy atom. The smallest absolute Gasteiger partial charge is 0.168 e. The third-order valence-corrected chi connectivity index (χ3v) is 6.35. The summed E-state index contributed by atoms with van der Waals surface area (Å²) < 4.78 is 3.96. The lowest BCUT2D eigenvalue weighted by atomic mass is 10.1. The molecule has 149 valence electrons. The number of aryl methyl sites for hydroxylation is 2. The van der Waals surface area contributed by atoms with Crippen molar-refractivity contribution in [3.05, 3.63) is 48.3 Å². The molecule has 5 rings (SSSR count). The van der Waals surface area contributed by atoms with Crippen molar-refractivity contribution < 1.29 is 0 Å². The first-order valence-electron chi connectivity index (χ1n) is 10.5. The van der Waals surface area contributed by atoms with E-state index in [1.165, 1.54) is 11.4 Å². The third kappa shape index (κ3) is 2.51. The second-order valence-electron chi connectivity index (χ2n) is 7.96. The van der Waals surface area contributed by atoms with Crippen molar-refractivity contribution in [1.82, 2.24) is 24.1 Å². The van der Waals surface area contributed by atoms with Gasteiger partial charge in [0.15, 0.2) is 5.65 Å². The number of para-hydroxylation sites is 2. The minimum atomic E-state index is 0.520. The highest BCUT2D eigenvalue weighted by atomic mass is 15.4. The quantitative estimate of drug-likeness (QED) is 0.515. The lowest BCUT2D eigenvalue weighted by Crippen LogP contribution is -2.34. The van der Waals surface area contributed by atoms with Crippen molar-refractivity contribution in [3.8, 4) is 11.4 Å². The molecule has 1 radical (unpaired) electrons. The van der Waals surface area contributed by atoms with Gasteiger partial charge in [-0.2, -0.15) is 9.61 Å². The van der Waals surface area contributed by atoms with Crippen molar-refractivity contribution in [3.63, 3.8) is 0 Å². The topological polar surface area (TPSA) is 51.3 Å². The zero-order valence-electron chi connectivity index (χ0n) is 17.6. The van der Waals surface area contributed by atoms with Crippen LogP contribution in [-0.2, 0) is 6.42 Å². The first-order valence-corrected chi connectivity index (χ1v) is 10.5. The van der Waals surface area contributed by atoms with Crippen molar-refractivity contribution in [2.45, 2.75) is 53.0 Å². The average Bonchev–Trinajstić information content (AvgIpc) is 3.38. The Balaban J connectivity index is 1.79. The van der Waals surface area contributed by atoms with Gasteiger partial charge in [-0.05, 0) is 45.2 Å². The first-order chi connectivity index (χ1) is 14.0. The molecule has 0 aliphatic carbocycles. The van der Waals surface area contributed by atoms with E-state index >= 15 is 0 Å². The Morgan fingerprint density at radius 2 is 1.83 bits per heavy atom. The molecule has 1 aromatic carbocycles. The van der Waals surface area contributed by atoms with E-state index in [4.69, 9.17) is 15.1 Å². The Hall–Kier alpha value is -2.89. The van der Waals surface area contributed by atoms with Crippen molar-refractivity contribution in [1.29, 1.82) is 0 Å². The third-order valence-electron chi connectivity index (χ3n) is 6.35. The van der Waals surface area contributed by atoms with Gasteiger partial charge in [0, 0.05) is 30.9 Å². The Kier molecular flexibility index (Phi) is 4.12. The van der Waals surface area contributed by atoms with Gasteiger partial charge < -0.3 is 9.47 Å². The minimum absolute atomic E-state index is 0.520. The Morgan fingerprint density at radius 1 is 1.07 bits per heavy atom. The van der Waals surface area contributed by atoms with Crippen LogP contribution >= 0.6 is 0 Å². The second-order valence-corrected chi connectivity index (χ2v) is 7.96. The molecule has 0 spiro atoms. The van der Waals surface area contributed by atoms with E-state index < -0.39 is 0 Å². The summed E-state index contributed by atoms with van der Waals surface area (Å²) in [6.07, 6.45) is 3.28. The molecule has 4 aromatic rings. The largest absolute Gasteiger partial charge is 0.353 e. The summed E-state index contributed by atoms with van der Waals surface area (Å²) >= 11 is 0. The number of hydrogen-bond acceptors (Lipinski definition) is 4. The molecule has 29 heavy (non-hydrogen) atoms. The van der Waals surface area contributed by atoms with Crippen molar-refractivity contribution >= 4 is 22.5 Å². The predicted molar refractivity (Wildman–Crippen MR) is 117 cm³/mol. The van der Waals surface area contributed by atoms with E-state index in [0.717, 1.165) is 65.3 Å². The summed E-state index contributed by atoms with van der Waals surface area (Å²) in [5, 5.41) is 4.95. The number of hydrogen-bond donors (Lipinski definition) is 0. The number of fused-ring (bicyclic) bond motifs is 4. The van der Waals surface area contributed by atoms with Crippen LogP contribution in [0.15, 0.2) is 24.3 Å². The van der Waals surface area contributed by atoms with Gasteiger partial charge >= 0.3 is 0 Å². The molecule has 0 N–H and O–H groups in total. The second kappa shape index (κ2) is 6.58. The van der Waals surface area contributed by atoms with E-state index in [1.54, 1.807) is 0 Å². The van der Waals surface area contributed by atoms with E-state index in [0.29, 0.717) is 6.04 Å². The summed E-state index contributed by atoms with van der Waals surface area (Å²) in [7, 11) is 4.26. The van der Waals surface area contributed by atoms with E-state index in [2.05, 4.69) is 37.2 Å². The number of nitrogens with zero attached hydrogens (tertiary/aromatic N) is 6. The molecule has 1 aliphatic heterocycles. The number of benzene rings is 1. The monoisotopic (exact) mass is 387 g/mol. The average molecular weight is 388 g/mol. The van der Waals surface area contributed by atoms with Crippen LogP contribution in [0.2, 0.25) is 0 Å². The van der Waals surface area contributed by atoms with E-state index in [-0.39, 0.29) is 0 Å². The first kappa shape index (κ1) is 18.2. The van der Waals surface area contributed by atoms with Crippen LogP contribution in [0.3, 0.4) is 0 Å². The lowest BCUT2D eigenvalue weighted by molar-refractivity contribution is 0.563. The lowest BCUT2D eigenvalue weighted by Gasteiger charge is -2.28. The molecule has 1 aliphatic rings. The van der Waals surface area contributed by atoms with Crippen LogP contribution in [0.4, 0.5) is 5.82 Å². The molecule has 0 amide bonds. The van der Waals surface area contributed by atoms with Crippen LogP contribution in [-0.4, -0.2) is 36.7 Å². The van der Waals surface area contributed by atoms with Gasteiger partial charge in [-0.15, -0.1) is 0 Å². The zero-order chi connectivity index (χ0) is 20.3. The van der Waals surface area contributed by atoms with Crippen LogP contribution in [0, 0.1) is 20.9 Å². The highest BCUT2D eigenvalue weighted by Crippen LogP contribution is 2.37. The van der Waals surface area contributed by atoms with Gasteiger partial charge in [-0.1, -0.05) is 26.0 Å². The summed E-state index contributed by atoms with van der Waals surface area (Å²) in [5.74, 6) is 2.03. The fourth-order valence-corrected chi connectivity index (χ4v) is 4.82. The SMILES string of the molecule is [CH2]n1c(-c2c(C)nn3c4c(c(C)nc23)CCN4C(CC)CC)nc2ccccc21. The molecule has 6 heteroatoms. The van der Waals surface area contributed by atoms with Gasteiger partial charge in [0.2, 0.25) is 0 Å². The summed E-state index contributed by atoms with van der Waals surface area (Å²) in [5.41, 5.74) is 7.14. The number of anilines is 1. The molecule has 0 fully saturated rings. The standard InChI is InChI=1S/C23H27N6/c1-6-16(7-2)28-13-12-17-14(3)24-22-20(15(4)26-29(22)23(17)28)21-25-18-10-8-9-11-19(18)27(21)5/h8-11,16H,5-7,12-13H2,1-4H3. The Labute approximate surface area is 171 Å². The van der Waals surface area contributed by atoms with Gasteiger partial charge in [-0.25, -0.2) is 9.97 Å². The van der Waals surface area contributed by atoms with Crippen molar-refractivity contribution in [2.24, 2.45) is 0 Å². The zero-order valence-corrected chi connectivity index (χ0v) is 17.6. The van der Waals surface area contributed by atoms with Crippen LogP contribution < -0.4 is 4.90 Å². The molecule has 0 bridgehead atoms. The maximum absolute atomic E-state index is 4.99. The van der Waals surface area contributed by atoms with Crippen LogP contribution in [0.25, 0.3) is 28.1 Å². The van der Waals surface area contributed by atoms with E-state index in [9.17, 15) is 0 Å². The van der Waals surface area contributed by atoms with Gasteiger partial charge in [0.05, 0.1) is 22.3 Å². The molecule has 4 heterocycles. The molecular formula is C23H27N6. The van der Waals surface area contributed by atoms with Gasteiger partial charge in [0.1, 0.15) is 11.6 Å². The summed E-state index contributed by atoms with van der Waals surface area (Å²) in [6, 6.07) is 8.61. The fraction of sp³-hybridized carbons (Fsp3) is 0.391.